The number of thioether (sulfide) groups is 1. The predicted molar refractivity (Wildman–Crippen MR) is 65.2 cm³/mol. The Morgan fingerprint density at radius 1 is 1.58 bits per heavy atom. The molecule has 0 amide bonds. The van der Waals surface area contributed by atoms with Gasteiger partial charge in [-0.3, -0.25) is 14.9 Å². The van der Waals surface area contributed by atoms with E-state index in [1.165, 1.54) is 0 Å². The number of hydrogen-bond acceptors (Lipinski definition) is 7. The maximum atomic E-state index is 11.1. The average molecular weight is 286 g/mol. The fourth-order valence-electron chi connectivity index (χ4n) is 1.13. The third-order valence-electron chi connectivity index (χ3n) is 1.91. The van der Waals surface area contributed by atoms with Crippen molar-refractivity contribution >= 4 is 29.4 Å². The second-order valence-electron chi connectivity index (χ2n) is 3.20. The van der Waals surface area contributed by atoms with Gasteiger partial charge in [0.05, 0.1) is 22.8 Å². The first-order chi connectivity index (χ1) is 8.95. The van der Waals surface area contributed by atoms with Gasteiger partial charge in [0.15, 0.2) is 5.03 Å². The summed E-state index contributed by atoms with van der Waals surface area (Å²) < 4.78 is 4.67. The van der Waals surface area contributed by atoms with E-state index in [2.05, 4.69) is 9.72 Å². The van der Waals surface area contributed by atoms with Gasteiger partial charge in [-0.2, -0.15) is 0 Å². The van der Waals surface area contributed by atoms with Crippen LogP contribution in [0.1, 0.15) is 17.3 Å². The summed E-state index contributed by atoms with van der Waals surface area (Å²) in [5.41, 5.74) is -0.735. The molecule has 0 saturated heterocycles. The van der Waals surface area contributed by atoms with Gasteiger partial charge in [0.25, 0.3) is 0 Å². The number of ether oxygens (including phenoxy) is 1. The molecule has 1 aromatic heterocycles. The quantitative estimate of drug-likeness (QED) is 0.360. The average Bonchev–Trinajstić information content (AvgIpc) is 2.36. The fraction of sp³-hybridized carbons (Fsp3) is 0.300. The summed E-state index contributed by atoms with van der Waals surface area (Å²) in [6.45, 7) is 1.86. The molecular formula is C10H10N2O6S. The van der Waals surface area contributed by atoms with Crippen LogP contribution in [0.5, 0.6) is 0 Å². The monoisotopic (exact) mass is 286 g/mol. The molecule has 0 bridgehead atoms. The number of nitrogens with zero attached hydrogens (tertiary/aromatic N) is 2. The number of carboxylic acid groups (broad SMARTS) is 1. The summed E-state index contributed by atoms with van der Waals surface area (Å²) in [5, 5.41) is 19.5. The first kappa shape index (κ1) is 14.9. The van der Waals surface area contributed by atoms with E-state index in [1.807, 2.05) is 0 Å². The number of aromatic carboxylic acids is 1. The lowest BCUT2D eigenvalue weighted by Gasteiger charge is -2.03. The van der Waals surface area contributed by atoms with Gasteiger partial charge in [0, 0.05) is 12.3 Å². The van der Waals surface area contributed by atoms with Crippen LogP contribution in [-0.2, 0) is 9.53 Å². The highest BCUT2D eigenvalue weighted by atomic mass is 32.2. The number of carboxylic acids is 1. The largest absolute Gasteiger partial charge is 0.478 e. The smallest absolute Gasteiger partial charge is 0.337 e. The first-order valence-corrected chi connectivity index (χ1v) is 6.10. The zero-order chi connectivity index (χ0) is 14.4. The third kappa shape index (κ3) is 4.21. The lowest BCUT2D eigenvalue weighted by Crippen LogP contribution is -2.07. The molecule has 0 aromatic carbocycles. The Hall–Kier alpha value is -2.16. The molecule has 19 heavy (non-hydrogen) atoms. The van der Waals surface area contributed by atoms with Crippen LogP contribution >= 0.6 is 11.8 Å². The minimum atomic E-state index is -1.31. The summed E-state index contributed by atoms with van der Waals surface area (Å²) >= 11 is 0.824. The SMILES string of the molecule is CCOC(=O)CSc1ncc(C(=O)O)cc1[N+](=O)[O-]. The third-order valence-corrected chi connectivity index (χ3v) is 2.88. The van der Waals surface area contributed by atoms with Crippen LogP contribution in [0.4, 0.5) is 5.69 Å². The molecule has 8 nitrogen and oxygen atoms in total. The van der Waals surface area contributed by atoms with Crippen LogP contribution in [0.3, 0.4) is 0 Å². The number of nitro groups is 1. The molecule has 0 aliphatic carbocycles. The van der Waals surface area contributed by atoms with E-state index < -0.39 is 22.5 Å². The molecule has 0 aliphatic heterocycles. The van der Waals surface area contributed by atoms with Crippen molar-refractivity contribution in [2.45, 2.75) is 11.9 Å². The molecule has 1 N–H and O–H groups in total. The van der Waals surface area contributed by atoms with E-state index in [0.29, 0.717) is 0 Å². The van der Waals surface area contributed by atoms with E-state index in [0.717, 1.165) is 24.0 Å². The van der Waals surface area contributed by atoms with Crippen molar-refractivity contribution < 1.29 is 24.4 Å². The Balaban J connectivity index is 2.91. The minimum Gasteiger partial charge on any atom is -0.478 e. The Bertz CT molecular complexity index is 519. The van der Waals surface area contributed by atoms with Crippen molar-refractivity contribution in [2.24, 2.45) is 0 Å². The summed E-state index contributed by atoms with van der Waals surface area (Å²) in [6, 6.07) is 0.906. The van der Waals surface area contributed by atoms with E-state index in [1.54, 1.807) is 6.92 Å². The van der Waals surface area contributed by atoms with Crippen molar-refractivity contribution in [1.29, 1.82) is 0 Å². The van der Waals surface area contributed by atoms with Crippen molar-refractivity contribution in [1.82, 2.24) is 4.98 Å². The highest BCUT2D eigenvalue weighted by Crippen LogP contribution is 2.27. The van der Waals surface area contributed by atoms with Gasteiger partial charge in [-0.05, 0) is 6.92 Å². The van der Waals surface area contributed by atoms with E-state index >= 15 is 0 Å². The normalized spacial score (nSPS) is 9.95. The van der Waals surface area contributed by atoms with Crippen LogP contribution in [0.25, 0.3) is 0 Å². The highest BCUT2D eigenvalue weighted by Gasteiger charge is 2.20. The highest BCUT2D eigenvalue weighted by molar-refractivity contribution is 8.00. The second-order valence-corrected chi connectivity index (χ2v) is 4.17. The molecule has 0 atom stereocenters. The van der Waals surface area contributed by atoms with E-state index in [4.69, 9.17) is 5.11 Å². The van der Waals surface area contributed by atoms with Crippen LogP contribution in [0.2, 0.25) is 0 Å². The minimum absolute atomic E-state index is 0.0250. The molecule has 9 heteroatoms. The molecule has 102 valence electrons. The summed E-state index contributed by atoms with van der Waals surface area (Å²) in [5.74, 6) is -1.96. The molecule has 0 aliphatic rings. The van der Waals surface area contributed by atoms with Crippen molar-refractivity contribution in [3.05, 3.63) is 27.9 Å². The van der Waals surface area contributed by atoms with E-state index in [9.17, 15) is 19.7 Å². The molecule has 0 unspecified atom stereocenters. The molecular weight excluding hydrogens is 276 g/mol. The van der Waals surface area contributed by atoms with Crippen molar-refractivity contribution in [3.63, 3.8) is 0 Å². The fourth-order valence-corrected chi connectivity index (χ4v) is 1.88. The summed E-state index contributed by atoms with van der Waals surface area (Å²) in [7, 11) is 0. The Kier molecular flexibility index (Phi) is 5.24. The molecule has 1 heterocycles. The topological polar surface area (TPSA) is 120 Å². The first-order valence-electron chi connectivity index (χ1n) is 5.11. The molecule has 0 fully saturated rings. The predicted octanol–water partition coefficient (Wildman–Crippen LogP) is 1.34. The molecule has 0 saturated carbocycles. The number of pyridine rings is 1. The lowest BCUT2D eigenvalue weighted by molar-refractivity contribution is -0.388. The zero-order valence-electron chi connectivity index (χ0n) is 9.86. The maximum Gasteiger partial charge on any atom is 0.337 e. The molecule has 1 rings (SSSR count). The summed E-state index contributed by atoms with van der Waals surface area (Å²) in [6.07, 6.45) is 1.00. The number of carbonyl (C=O) groups excluding carboxylic acids is 1. The van der Waals surface area contributed by atoms with Gasteiger partial charge in [0.1, 0.15) is 0 Å². The molecule has 0 radical (unpaired) electrons. The van der Waals surface area contributed by atoms with Crippen molar-refractivity contribution in [3.8, 4) is 0 Å². The number of aromatic nitrogens is 1. The second kappa shape index (κ2) is 6.69. The number of carbonyl (C=O) groups is 2. The van der Waals surface area contributed by atoms with Gasteiger partial charge < -0.3 is 9.84 Å². The molecule has 1 aromatic rings. The Morgan fingerprint density at radius 3 is 2.79 bits per heavy atom. The molecule has 0 spiro atoms. The van der Waals surface area contributed by atoms with Crippen molar-refractivity contribution in [2.75, 3.05) is 12.4 Å². The summed E-state index contributed by atoms with van der Waals surface area (Å²) in [4.78, 5) is 35.6. The number of rotatable bonds is 6. The van der Waals surface area contributed by atoms with Gasteiger partial charge in [-0.25, -0.2) is 9.78 Å². The van der Waals surface area contributed by atoms with E-state index in [-0.39, 0.29) is 22.9 Å². The van der Waals surface area contributed by atoms with Crippen LogP contribution in [0.15, 0.2) is 17.3 Å². The Labute approximate surface area is 111 Å². The van der Waals surface area contributed by atoms with Crippen LogP contribution in [0, 0.1) is 10.1 Å². The lowest BCUT2D eigenvalue weighted by atomic mass is 10.3. The van der Waals surface area contributed by atoms with Gasteiger partial charge in [-0.15, -0.1) is 0 Å². The number of hydrogen-bond donors (Lipinski definition) is 1. The van der Waals surface area contributed by atoms with Gasteiger partial charge >= 0.3 is 17.6 Å². The number of esters is 1. The maximum absolute atomic E-state index is 11.1. The standard InChI is InChI=1S/C10H10N2O6S/c1-2-18-8(13)5-19-9-7(12(16)17)3-6(4-11-9)10(14)15/h3-4H,2,5H2,1H3,(H,14,15). The van der Waals surface area contributed by atoms with Crippen LogP contribution in [-0.4, -0.2) is 39.3 Å². The Morgan fingerprint density at radius 2 is 2.26 bits per heavy atom. The zero-order valence-corrected chi connectivity index (χ0v) is 10.7. The van der Waals surface area contributed by atoms with Gasteiger partial charge in [0.2, 0.25) is 0 Å². The van der Waals surface area contributed by atoms with Gasteiger partial charge in [-0.1, -0.05) is 11.8 Å². The van der Waals surface area contributed by atoms with Crippen LogP contribution < -0.4 is 0 Å².